The number of carbonyl (C=O) groups is 4. The van der Waals surface area contributed by atoms with Crippen molar-refractivity contribution in [2.45, 2.75) is 109 Å². The Balaban J connectivity index is 0.969. The van der Waals surface area contributed by atoms with Crippen LogP contribution >= 0.6 is 0 Å². The number of carbonyl (C=O) groups excluding carboxylic acids is 4. The minimum atomic E-state index is -0.782. The number of benzene rings is 2. The van der Waals surface area contributed by atoms with Gasteiger partial charge < -0.3 is 34.6 Å². The van der Waals surface area contributed by atoms with E-state index < -0.39 is 18.2 Å². The van der Waals surface area contributed by atoms with E-state index in [2.05, 4.69) is 68.5 Å². The Bertz CT molecular complexity index is 2420. The average molecular weight is 830 g/mol. The molecule has 4 amide bonds. The van der Waals surface area contributed by atoms with Gasteiger partial charge >= 0.3 is 12.2 Å². The minimum Gasteiger partial charge on any atom is -0.453 e. The Morgan fingerprint density at radius 3 is 1.95 bits per heavy atom. The molecule has 4 saturated heterocycles. The lowest BCUT2D eigenvalue weighted by Gasteiger charge is -2.65. The maximum atomic E-state index is 13.8. The van der Waals surface area contributed by atoms with Gasteiger partial charge in [-0.15, -0.1) is 0 Å². The molecule has 6 atom stereocenters. The monoisotopic (exact) mass is 829 g/mol. The maximum absolute atomic E-state index is 13.8. The second-order valence-electron chi connectivity index (χ2n) is 18.1. The molecule has 0 spiro atoms. The molecule has 0 aliphatic carbocycles. The number of rotatable bonds is 10. The van der Waals surface area contributed by atoms with E-state index >= 15 is 0 Å². The zero-order valence-corrected chi connectivity index (χ0v) is 35.9. The van der Waals surface area contributed by atoms with E-state index in [9.17, 15) is 19.2 Å². The Morgan fingerprint density at radius 1 is 0.770 bits per heavy atom. The van der Waals surface area contributed by atoms with Gasteiger partial charge in [0, 0.05) is 42.2 Å². The van der Waals surface area contributed by atoms with Crippen molar-refractivity contribution in [3.63, 3.8) is 0 Å². The number of fused-ring (bicyclic) bond motifs is 3. The van der Waals surface area contributed by atoms with Crippen LogP contribution < -0.4 is 5.32 Å². The van der Waals surface area contributed by atoms with Crippen LogP contribution in [0.2, 0.25) is 0 Å². The van der Waals surface area contributed by atoms with Gasteiger partial charge in [0.1, 0.15) is 23.4 Å². The third-order valence-electron chi connectivity index (χ3n) is 13.7. The lowest BCUT2D eigenvalue weighted by Crippen LogP contribution is -2.66. The van der Waals surface area contributed by atoms with Crippen molar-refractivity contribution in [1.82, 2.24) is 40.0 Å². The summed E-state index contributed by atoms with van der Waals surface area (Å²) in [6, 6.07) is 12.6. The van der Waals surface area contributed by atoms with Gasteiger partial charge in [0.2, 0.25) is 5.91 Å². The van der Waals surface area contributed by atoms with Gasteiger partial charge in [-0.2, -0.15) is 4.99 Å². The van der Waals surface area contributed by atoms with Crippen molar-refractivity contribution in [2.24, 2.45) is 16.8 Å². The second kappa shape index (κ2) is 15.6. The lowest BCUT2D eigenvalue weighted by molar-refractivity contribution is -0.177. The van der Waals surface area contributed by atoms with Crippen molar-refractivity contribution in [1.29, 1.82) is 0 Å². The number of amides is 4. The summed E-state index contributed by atoms with van der Waals surface area (Å²) in [6.45, 7) is 11.1. The van der Waals surface area contributed by atoms with Crippen LogP contribution in [0, 0.1) is 11.8 Å². The Morgan fingerprint density at radius 2 is 1.34 bits per heavy atom. The molecule has 2 aromatic carbocycles. The molecule has 3 N–H and O–H groups in total. The number of imidazole rings is 2. The number of aliphatic imine (C=N–C) groups is 1. The van der Waals surface area contributed by atoms with Crippen LogP contribution in [0.1, 0.15) is 120 Å². The number of nitrogens with zero attached hydrogens (tertiary/aromatic N) is 6. The van der Waals surface area contributed by atoms with Crippen LogP contribution in [-0.2, 0) is 19.1 Å². The number of methoxy groups -OCH3 is 2. The first-order valence-electron chi connectivity index (χ1n) is 21.6. The molecule has 15 nitrogen and oxygen atoms in total. The molecular weight excluding hydrogens is 775 g/mol. The highest BCUT2D eigenvalue weighted by Gasteiger charge is 2.66. The molecule has 7 heterocycles. The zero-order chi connectivity index (χ0) is 42.9. The fourth-order valence-electron chi connectivity index (χ4n) is 10.7. The number of aromatic nitrogens is 4. The van der Waals surface area contributed by atoms with Gasteiger partial charge in [-0.05, 0) is 79.2 Å². The van der Waals surface area contributed by atoms with Crippen molar-refractivity contribution < 1.29 is 28.7 Å². The zero-order valence-electron chi connectivity index (χ0n) is 35.9. The van der Waals surface area contributed by atoms with Crippen LogP contribution in [0.15, 0.2) is 53.8 Å². The predicted octanol–water partition coefficient (Wildman–Crippen LogP) is 7.67. The highest BCUT2D eigenvalue weighted by Crippen LogP contribution is 2.71. The molecule has 320 valence electrons. The molecule has 3 unspecified atom stereocenters. The average Bonchev–Trinajstić information content (AvgIpc) is 4.10. The SMILES string of the molecule is COC(=O)/N=C(/C(=O)N1CCC[C@H]1c1ncc(-c2ccc(-c3ccc(-c4cnc([C@@H]5CCCN5C(=O)[C@H](NC(=O)OC)C(C)C)[nH]4)c4c3C3CC5(C)CC4N35)cc2)[nH]1)C(C)C. The number of hydrogen-bond acceptors (Lipinski definition) is 9. The number of alkyl carbamates (subject to hydrolysis) is 1. The first-order chi connectivity index (χ1) is 29.3. The van der Waals surface area contributed by atoms with Crippen molar-refractivity contribution in [2.75, 3.05) is 27.3 Å². The van der Waals surface area contributed by atoms with Gasteiger partial charge in [0.05, 0.1) is 50.1 Å². The fraction of sp³-hybridized carbons (Fsp3) is 0.500. The van der Waals surface area contributed by atoms with Crippen molar-refractivity contribution in [3.05, 3.63) is 71.6 Å². The summed E-state index contributed by atoms with van der Waals surface area (Å²) in [7, 11) is 2.56. The normalized spacial score (nSPS) is 24.6. The van der Waals surface area contributed by atoms with Crippen molar-refractivity contribution >= 4 is 29.7 Å². The highest BCUT2D eigenvalue weighted by atomic mass is 16.5. The number of nitrogens with one attached hydrogen (secondary N) is 3. The quantitative estimate of drug-likeness (QED) is 0.135. The molecule has 0 radical (unpaired) electrons. The number of hydrogen-bond donors (Lipinski definition) is 3. The summed E-state index contributed by atoms with van der Waals surface area (Å²) < 4.78 is 9.54. The van der Waals surface area contributed by atoms with E-state index in [1.54, 1.807) is 4.90 Å². The Kier molecular flexibility index (Phi) is 10.4. The van der Waals surface area contributed by atoms with E-state index in [1.165, 1.54) is 30.9 Å². The first-order valence-corrected chi connectivity index (χ1v) is 21.6. The molecule has 15 heteroatoms. The predicted molar refractivity (Wildman–Crippen MR) is 228 cm³/mol. The second-order valence-corrected chi connectivity index (χ2v) is 18.1. The number of likely N-dealkylation sites (tertiary alicyclic amines) is 2. The third kappa shape index (κ3) is 6.81. The number of aromatic amines is 2. The van der Waals surface area contributed by atoms with Gasteiger partial charge in [0.15, 0.2) is 0 Å². The van der Waals surface area contributed by atoms with Crippen LogP contribution in [0.4, 0.5) is 9.59 Å². The van der Waals surface area contributed by atoms with Crippen molar-refractivity contribution in [3.8, 4) is 33.6 Å². The van der Waals surface area contributed by atoms with E-state index in [1.807, 2.05) is 45.0 Å². The van der Waals surface area contributed by atoms with Crippen LogP contribution in [-0.4, -0.2) is 103 Å². The summed E-state index contributed by atoms with van der Waals surface area (Å²) in [5.41, 5.74) is 9.50. The summed E-state index contributed by atoms with van der Waals surface area (Å²) in [4.78, 5) is 78.5. The summed E-state index contributed by atoms with van der Waals surface area (Å²) in [5, 5.41) is 2.74. The number of piperidine rings is 1. The van der Waals surface area contributed by atoms with Crippen LogP contribution in [0.5, 0.6) is 0 Å². The Hall–Kier alpha value is -5.83. The molecule has 0 saturated carbocycles. The third-order valence-corrected chi connectivity index (χ3v) is 13.7. The summed E-state index contributed by atoms with van der Waals surface area (Å²) in [6.07, 6.45) is 7.81. The van der Waals surface area contributed by atoms with Gasteiger partial charge in [-0.25, -0.2) is 19.6 Å². The molecule has 61 heavy (non-hydrogen) atoms. The standard InChI is InChI=1S/C46H55N9O6/c1-24(2)38(51-44(58)60-6)42(56)53-18-8-10-32(53)40-47-22-30(49-40)27-14-12-26(13-15-27)28-16-17-29(37-35-21-46(5)20-34(36(28)37)55(35)46)31-23-48-41(50-31)33-11-9-19-54(33)43(57)39(25(3)4)52-45(59)61-7/h12-17,22-25,32-35,39H,8-11,18-21H2,1-7H3,(H,47,49)(H,48,50)(H,52,59)/b51-38+/t32-,33-,34?,35?,39+,46?/m0/s1. The first kappa shape index (κ1) is 40.6. The van der Waals surface area contributed by atoms with Crippen LogP contribution in [0.3, 0.4) is 0 Å². The van der Waals surface area contributed by atoms with Gasteiger partial charge in [-0.3, -0.25) is 14.5 Å². The molecule has 9 rings (SSSR count). The molecule has 5 aliphatic rings. The van der Waals surface area contributed by atoms with E-state index in [0.717, 1.165) is 72.4 Å². The van der Waals surface area contributed by atoms with Crippen LogP contribution in [0.25, 0.3) is 33.6 Å². The van der Waals surface area contributed by atoms with Gasteiger partial charge in [-0.1, -0.05) is 64.1 Å². The van der Waals surface area contributed by atoms with E-state index in [4.69, 9.17) is 19.4 Å². The highest BCUT2D eigenvalue weighted by molar-refractivity contribution is 6.40. The topological polar surface area (TPSA) is 178 Å². The smallest absolute Gasteiger partial charge is 0.433 e. The fourth-order valence-corrected chi connectivity index (χ4v) is 10.7. The Labute approximate surface area is 355 Å². The summed E-state index contributed by atoms with van der Waals surface area (Å²) in [5.74, 6) is 0.719. The van der Waals surface area contributed by atoms with E-state index in [0.29, 0.717) is 31.0 Å². The van der Waals surface area contributed by atoms with E-state index in [-0.39, 0.29) is 47.0 Å². The molecule has 2 aromatic heterocycles. The summed E-state index contributed by atoms with van der Waals surface area (Å²) >= 11 is 0. The maximum Gasteiger partial charge on any atom is 0.433 e. The molecule has 5 aliphatic heterocycles. The van der Waals surface area contributed by atoms with Gasteiger partial charge in [0.25, 0.3) is 5.91 Å². The lowest BCUT2D eigenvalue weighted by atomic mass is 9.68. The molecular formula is C46H55N9O6. The largest absolute Gasteiger partial charge is 0.453 e. The minimum absolute atomic E-state index is 0.109. The molecule has 0 bridgehead atoms. The number of H-pyrrole nitrogens is 2. The molecule has 4 fully saturated rings. The molecule has 4 aromatic rings. The number of ether oxygens (including phenoxy) is 2.